The van der Waals surface area contributed by atoms with Gasteiger partial charge >= 0.3 is 0 Å². The topological polar surface area (TPSA) is 9.23 Å². The Balaban J connectivity index is 1.95. The van der Waals surface area contributed by atoms with E-state index in [4.69, 9.17) is 16.3 Å². The van der Waals surface area contributed by atoms with Gasteiger partial charge in [-0.15, -0.1) is 11.6 Å². The van der Waals surface area contributed by atoms with Gasteiger partial charge in [0.15, 0.2) is 0 Å². The first-order valence-corrected chi connectivity index (χ1v) is 8.45. The van der Waals surface area contributed by atoms with Crippen molar-refractivity contribution >= 4 is 43.5 Å². The van der Waals surface area contributed by atoms with Crippen molar-refractivity contribution in [3.05, 3.63) is 62.0 Å². The van der Waals surface area contributed by atoms with Crippen LogP contribution in [0.4, 0.5) is 0 Å². The molecule has 0 radical (unpaired) electrons. The van der Waals surface area contributed by atoms with Crippen molar-refractivity contribution in [3.63, 3.8) is 0 Å². The van der Waals surface area contributed by atoms with Gasteiger partial charge in [-0.25, -0.2) is 0 Å². The first-order chi connectivity index (χ1) is 9.52. The molecule has 0 saturated heterocycles. The highest BCUT2D eigenvalue weighted by Gasteiger charge is 2.21. The third-order valence-electron chi connectivity index (χ3n) is 3.39. The van der Waals surface area contributed by atoms with Crippen LogP contribution in [0.15, 0.2) is 45.3 Å². The maximum Gasteiger partial charge on any atom is 0.123 e. The van der Waals surface area contributed by atoms with Crippen LogP contribution in [-0.4, -0.2) is 6.10 Å². The molecule has 0 bridgehead atoms. The average molecular weight is 417 g/mol. The molecule has 0 aliphatic carbocycles. The zero-order chi connectivity index (χ0) is 14.3. The smallest absolute Gasteiger partial charge is 0.123 e. The Morgan fingerprint density at radius 1 is 1.10 bits per heavy atom. The van der Waals surface area contributed by atoms with Crippen molar-refractivity contribution < 1.29 is 4.74 Å². The highest BCUT2D eigenvalue weighted by molar-refractivity contribution is 9.11. The Labute approximate surface area is 140 Å². The second kappa shape index (κ2) is 5.70. The minimum atomic E-state index is -0.162. The summed E-state index contributed by atoms with van der Waals surface area (Å²) in [7, 11) is 0. The summed E-state index contributed by atoms with van der Waals surface area (Å²) in [5.41, 5.74) is 3.42. The van der Waals surface area contributed by atoms with Crippen LogP contribution in [0.3, 0.4) is 0 Å². The number of halogens is 3. The molecule has 3 rings (SSSR count). The predicted molar refractivity (Wildman–Crippen MR) is 89.8 cm³/mol. The van der Waals surface area contributed by atoms with Crippen LogP contribution in [0.25, 0.3) is 0 Å². The summed E-state index contributed by atoms with van der Waals surface area (Å²) in [6, 6.07) is 12.3. The molecule has 4 heteroatoms. The summed E-state index contributed by atoms with van der Waals surface area (Å²) >= 11 is 13.6. The molecule has 0 N–H and O–H groups in total. The number of hydrogen-bond acceptors (Lipinski definition) is 1. The Morgan fingerprint density at radius 3 is 2.50 bits per heavy atom. The lowest BCUT2D eigenvalue weighted by molar-refractivity contribution is 0.254. The molecule has 1 heterocycles. The lowest BCUT2D eigenvalue weighted by atomic mass is 10.0. The zero-order valence-corrected chi connectivity index (χ0v) is 14.8. The molecule has 1 nitrogen and oxygen atoms in total. The van der Waals surface area contributed by atoms with Crippen molar-refractivity contribution in [2.45, 2.75) is 24.8 Å². The summed E-state index contributed by atoms with van der Waals surface area (Å²) < 4.78 is 7.77. The van der Waals surface area contributed by atoms with Gasteiger partial charge < -0.3 is 4.74 Å². The molecule has 0 amide bonds. The summed E-state index contributed by atoms with van der Waals surface area (Å²) in [6.07, 6.45) is 1.21. The van der Waals surface area contributed by atoms with Gasteiger partial charge in [0.25, 0.3) is 0 Å². The van der Waals surface area contributed by atoms with Gasteiger partial charge in [-0.3, -0.25) is 0 Å². The summed E-state index contributed by atoms with van der Waals surface area (Å²) in [5.74, 6) is 0.987. The van der Waals surface area contributed by atoms with E-state index in [1.54, 1.807) is 0 Å². The van der Waals surface area contributed by atoms with E-state index >= 15 is 0 Å². The molecule has 0 fully saturated rings. The van der Waals surface area contributed by atoms with Crippen molar-refractivity contribution in [2.75, 3.05) is 0 Å². The van der Waals surface area contributed by atoms with Crippen molar-refractivity contribution in [2.24, 2.45) is 0 Å². The minimum absolute atomic E-state index is 0.162. The van der Waals surface area contributed by atoms with E-state index in [1.807, 2.05) is 18.2 Å². The van der Waals surface area contributed by atoms with Crippen LogP contribution in [0.5, 0.6) is 5.75 Å². The molecular weight excluding hydrogens is 403 g/mol. The standard InChI is InChI=1S/C16H13Br2ClO/c1-9-4-11-5-10(2-3-15(11)20-9)16(19)12-6-13(17)8-14(18)7-12/h2-3,5-9,16H,4H2,1H3. The zero-order valence-electron chi connectivity index (χ0n) is 10.9. The number of alkyl halides is 1. The monoisotopic (exact) mass is 414 g/mol. The van der Waals surface area contributed by atoms with Crippen LogP contribution in [0.2, 0.25) is 0 Å². The second-order valence-corrected chi connectivity index (χ2v) is 7.33. The van der Waals surface area contributed by atoms with Crippen LogP contribution < -0.4 is 4.74 Å². The summed E-state index contributed by atoms with van der Waals surface area (Å²) in [5, 5.41) is -0.162. The molecule has 2 aromatic rings. The molecule has 2 unspecified atom stereocenters. The van der Waals surface area contributed by atoms with Gasteiger partial charge in [0.05, 0.1) is 5.38 Å². The van der Waals surface area contributed by atoms with E-state index in [9.17, 15) is 0 Å². The Bertz CT molecular complexity index is 637. The van der Waals surface area contributed by atoms with E-state index in [-0.39, 0.29) is 11.5 Å². The number of benzene rings is 2. The van der Waals surface area contributed by atoms with E-state index in [0.717, 1.165) is 32.2 Å². The van der Waals surface area contributed by atoms with E-state index in [1.165, 1.54) is 5.56 Å². The number of hydrogen-bond donors (Lipinski definition) is 0. The third-order valence-corrected chi connectivity index (χ3v) is 4.81. The van der Waals surface area contributed by atoms with Crippen molar-refractivity contribution in [3.8, 4) is 5.75 Å². The number of fused-ring (bicyclic) bond motifs is 1. The lowest BCUT2D eigenvalue weighted by Gasteiger charge is -2.12. The quantitative estimate of drug-likeness (QED) is 0.557. The van der Waals surface area contributed by atoms with E-state index in [0.29, 0.717) is 0 Å². The second-order valence-electron chi connectivity index (χ2n) is 5.07. The predicted octanol–water partition coefficient (Wildman–Crippen LogP) is 5.86. The van der Waals surface area contributed by atoms with E-state index < -0.39 is 0 Å². The number of ether oxygens (including phenoxy) is 1. The third kappa shape index (κ3) is 2.90. The van der Waals surface area contributed by atoms with E-state index in [2.05, 4.69) is 57.0 Å². The fraction of sp³-hybridized carbons (Fsp3) is 0.250. The van der Waals surface area contributed by atoms with Gasteiger partial charge in [0, 0.05) is 15.4 Å². The van der Waals surface area contributed by atoms with Crippen LogP contribution in [0.1, 0.15) is 29.0 Å². The maximum absolute atomic E-state index is 6.63. The normalized spacial score (nSPS) is 18.5. The van der Waals surface area contributed by atoms with Crippen LogP contribution >= 0.6 is 43.5 Å². The lowest BCUT2D eigenvalue weighted by Crippen LogP contribution is -2.05. The average Bonchev–Trinajstić information content (AvgIpc) is 2.75. The SMILES string of the molecule is CC1Cc2cc(C(Cl)c3cc(Br)cc(Br)c3)ccc2O1. The maximum atomic E-state index is 6.63. The van der Waals surface area contributed by atoms with Gasteiger partial charge in [-0.05, 0) is 47.9 Å². The van der Waals surface area contributed by atoms with Crippen molar-refractivity contribution in [1.82, 2.24) is 0 Å². The minimum Gasteiger partial charge on any atom is -0.490 e. The molecule has 0 aromatic heterocycles. The summed E-state index contributed by atoms with van der Waals surface area (Å²) in [6.45, 7) is 2.09. The molecule has 1 aliphatic rings. The first-order valence-electron chi connectivity index (χ1n) is 6.42. The summed E-state index contributed by atoms with van der Waals surface area (Å²) in [4.78, 5) is 0. The van der Waals surface area contributed by atoms with Crippen LogP contribution in [0, 0.1) is 0 Å². The Hall–Kier alpha value is -0.510. The first kappa shape index (κ1) is 14.4. The molecule has 1 aliphatic heterocycles. The molecule has 2 aromatic carbocycles. The van der Waals surface area contributed by atoms with Gasteiger partial charge in [-0.1, -0.05) is 44.0 Å². The number of rotatable bonds is 2. The Morgan fingerprint density at radius 2 is 1.80 bits per heavy atom. The molecular formula is C16H13Br2ClO. The van der Waals surface area contributed by atoms with Gasteiger partial charge in [-0.2, -0.15) is 0 Å². The van der Waals surface area contributed by atoms with Crippen molar-refractivity contribution in [1.29, 1.82) is 0 Å². The molecule has 20 heavy (non-hydrogen) atoms. The van der Waals surface area contributed by atoms with Crippen LogP contribution in [-0.2, 0) is 6.42 Å². The molecule has 0 saturated carbocycles. The highest BCUT2D eigenvalue weighted by Crippen LogP contribution is 2.37. The van der Waals surface area contributed by atoms with Gasteiger partial charge in [0.1, 0.15) is 11.9 Å². The fourth-order valence-electron chi connectivity index (χ4n) is 2.51. The molecule has 0 spiro atoms. The fourth-order valence-corrected chi connectivity index (χ4v) is 4.10. The largest absolute Gasteiger partial charge is 0.490 e. The molecule has 104 valence electrons. The Kier molecular flexibility index (Phi) is 4.11. The molecule has 2 atom stereocenters. The highest BCUT2D eigenvalue weighted by atomic mass is 79.9. The van der Waals surface area contributed by atoms with Gasteiger partial charge in [0.2, 0.25) is 0 Å².